The van der Waals surface area contributed by atoms with Crippen molar-refractivity contribution in [2.24, 2.45) is 0 Å². The van der Waals surface area contributed by atoms with E-state index in [1.54, 1.807) is 6.07 Å². The Balaban J connectivity index is 1.65. The minimum Gasteiger partial charge on any atom is -0.361 e. The third-order valence-corrected chi connectivity index (χ3v) is 7.13. The molecule has 32 heavy (non-hydrogen) atoms. The number of para-hydroxylation sites is 1. The number of sulfonamides is 1. The highest BCUT2D eigenvalue weighted by Gasteiger charge is 2.26. The zero-order valence-corrected chi connectivity index (χ0v) is 18.2. The molecule has 164 valence electrons. The molecule has 0 spiro atoms. The van der Waals surface area contributed by atoms with Crippen LogP contribution in [0.1, 0.15) is 17.0 Å². The van der Waals surface area contributed by atoms with Crippen LogP contribution in [0.3, 0.4) is 0 Å². The van der Waals surface area contributed by atoms with Crippen LogP contribution in [0, 0.1) is 17.0 Å². The molecule has 2 aromatic heterocycles. The molecule has 0 saturated heterocycles. The van der Waals surface area contributed by atoms with Crippen LogP contribution in [0.2, 0.25) is 0 Å². The number of nitrogens with one attached hydrogen (secondary N) is 1. The van der Waals surface area contributed by atoms with Crippen molar-refractivity contribution in [2.75, 3.05) is 6.54 Å². The van der Waals surface area contributed by atoms with Gasteiger partial charge in [0.25, 0.3) is 5.69 Å². The molecule has 0 atom stereocenters. The zero-order chi connectivity index (χ0) is 22.7. The predicted molar refractivity (Wildman–Crippen MR) is 122 cm³/mol. The van der Waals surface area contributed by atoms with Crippen molar-refractivity contribution in [3.8, 4) is 0 Å². The lowest BCUT2D eigenvalue weighted by molar-refractivity contribution is -0.384. The van der Waals surface area contributed by atoms with E-state index in [1.165, 1.54) is 28.6 Å². The summed E-state index contributed by atoms with van der Waals surface area (Å²) in [6, 6.07) is 18.3. The van der Waals surface area contributed by atoms with Crippen LogP contribution in [-0.2, 0) is 23.0 Å². The first kappa shape index (κ1) is 21.7. The van der Waals surface area contributed by atoms with Crippen LogP contribution in [-0.4, -0.2) is 34.2 Å². The number of hydrogen-bond acceptors (Lipinski definition) is 5. The second-order valence-corrected chi connectivity index (χ2v) is 9.41. The summed E-state index contributed by atoms with van der Waals surface area (Å²) in [6.45, 7) is 2.19. The highest BCUT2D eigenvalue weighted by Crippen LogP contribution is 2.23. The summed E-state index contributed by atoms with van der Waals surface area (Å²) in [5, 5.41) is 12.0. The van der Waals surface area contributed by atoms with Gasteiger partial charge in [0.05, 0.1) is 22.1 Å². The van der Waals surface area contributed by atoms with E-state index in [0.717, 1.165) is 22.2 Å². The van der Waals surface area contributed by atoms with Gasteiger partial charge in [-0.1, -0.05) is 24.3 Å². The second-order valence-electron chi connectivity index (χ2n) is 7.47. The first-order valence-corrected chi connectivity index (χ1v) is 11.5. The Morgan fingerprint density at radius 1 is 1.03 bits per heavy atom. The number of nitro groups is 1. The van der Waals surface area contributed by atoms with Crippen molar-refractivity contribution in [2.45, 2.75) is 24.8 Å². The fourth-order valence-corrected chi connectivity index (χ4v) is 5.04. The van der Waals surface area contributed by atoms with Gasteiger partial charge in [0.2, 0.25) is 10.0 Å². The van der Waals surface area contributed by atoms with Crippen molar-refractivity contribution in [1.82, 2.24) is 14.3 Å². The minimum atomic E-state index is -3.90. The van der Waals surface area contributed by atoms with Gasteiger partial charge in [-0.3, -0.25) is 15.1 Å². The van der Waals surface area contributed by atoms with Gasteiger partial charge in [0, 0.05) is 41.5 Å². The number of nitrogens with zero attached hydrogens (tertiary/aromatic N) is 3. The average Bonchev–Trinajstić information content (AvgIpc) is 3.20. The molecule has 0 amide bonds. The standard InChI is InChI=1S/C23H22N4O4S/c1-17-5-4-6-19(25-17)16-26(14-13-18-15-24-23-8-3-2-7-22(18)23)32(30,31)21-11-9-20(10-12-21)27(28)29/h2-12,15,24H,13-14,16H2,1H3. The van der Waals surface area contributed by atoms with Crippen molar-refractivity contribution in [3.63, 3.8) is 0 Å². The summed E-state index contributed by atoms with van der Waals surface area (Å²) in [5.74, 6) is 0. The molecule has 2 aromatic carbocycles. The van der Waals surface area contributed by atoms with Crippen molar-refractivity contribution in [3.05, 3.63) is 100.0 Å². The Bertz CT molecular complexity index is 1360. The third kappa shape index (κ3) is 4.53. The molecule has 0 radical (unpaired) electrons. The van der Waals surface area contributed by atoms with Gasteiger partial charge in [0.15, 0.2) is 0 Å². The van der Waals surface area contributed by atoms with Crippen molar-refractivity contribution >= 4 is 26.6 Å². The fourth-order valence-electron chi connectivity index (χ4n) is 3.62. The summed E-state index contributed by atoms with van der Waals surface area (Å²) in [6.07, 6.45) is 2.40. The van der Waals surface area contributed by atoms with Gasteiger partial charge in [-0.2, -0.15) is 4.31 Å². The highest BCUT2D eigenvalue weighted by molar-refractivity contribution is 7.89. The number of H-pyrrole nitrogens is 1. The van der Waals surface area contributed by atoms with E-state index in [-0.39, 0.29) is 23.7 Å². The third-order valence-electron chi connectivity index (χ3n) is 5.28. The molecule has 4 aromatic rings. The molecule has 9 heteroatoms. The maximum Gasteiger partial charge on any atom is 0.269 e. The molecular weight excluding hydrogens is 428 g/mol. The lowest BCUT2D eigenvalue weighted by Crippen LogP contribution is -2.33. The zero-order valence-electron chi connectivity index (χ0n) is 17.4. The van der Waals surface area contributed by atoms with Gasteiger partial charge >= 0.3 is 0 Å². The number of pyridine rings is 1. The van der Waals surface area contributed by atoms with Gasteiger partial charge in [-0.15, -0.1) is 0 Å². The minimum absolute atomic E-state index is 0.00896. The number of non-ortho nitro benzene ring substituents is 1. The number of hydrogen-bond donors (Lipinski definition) is 1. The molecule has 0 saturated carbocycles. The maximum atomic E-state index is 13.4. The van der Waals surface area contributed by atoms with Crippen LogP contribution >= 0.6 is 0 Å². The average molecular weight is 451 g/mol. The van der Waals surface area contributed by atoms with Crippen LogP contribution in [0.5, 0.6) is 0 Å². The summed E-state index contributed by atoms with van der Waals surface area (Å²) in [7, 11) is -3.90. The van der Waals surface area contributed by atoms with E-state index in [0.29, 0.717) is 12.1 Å². The smallest absolute Gasteiger partial charge is 0.269 e. The molecule has 0 aliphatic carbocycles. The summed E-state index contributed by atoms with van der Waals surface area (Å²) in [4.78, 5) is 18.1. The number of aryl methyl sites for hydroxylation is 1. The fraction of sp³-hybridized carbons (Fsp3) is 0.174. The molecule has 1 N–H and O–H groups in total. The lowest BCUT2D eigenvalue weighted by atomic mass is 10.1. The van der Waals surface area contributed by atoms with Gasteiger partial charge in [-0.25, -0.2) is 8.42 Å². The summed E-state index contributed by atoms with van der Waals surface area (Å²) < 4.78 is 28.3. The van der Waals surface area contributed by atoms with E-state index in [4.69, 9.17) is 0 Å². The number of aromatic nitrogens is 2. The van der Waals surface area contributed by atoms with Gasteiger partial charge in [0.1, 0.15) is 0 Å². The Morgan fingerprint density at radius 2 is 1.78 bits per heavy atom. The van der Waals surface area contributed by atoms with Crippen molar-refractivity contribution < 1.29 is 13.3 Å². The Hall–Kier alpha value is -3.56. The highest BCUT2D eigenvalue weighted by atomic mass is 32.2. The Labute approximate surface area is 185 Å². The number of fused-ring (bicyclic) bond motifs is 1. The van der Waals surface area contributed by atoms with Crippen molar-refractivity contribution in [1.29, 1.82) is 0 Å². The summed E-state index contributed by atoms with van der Waals surface area (Å²) >= 11 is 0. The molecule has 8 nitrogen and oxygen atoms in total. The molecule has 0 aliphatic heterocycles. The second kappa shape index (κ2) is 8.89. The van der Waals surface area contributed by atoms with Gasteiger partial charge < -0.3 is 4.98 Å². The van der Waals surface area contributed by atoms with E-state index >= 15 is 0 Å². The molecular formula is C23H22N4O4S. The Morgan fingerprint density at radius 3 is 2.50 bits per heavy atom. The first-order valence-electron chi connectivity index (χ1n) is 10.1. The van der Waals surface area contributed by atoms with E-state index < -0.39 is 14.9 Å². The van der Waals surface area contributed by atoms with Crippen LogP contribution in [0.4, 0.5) is 5.69 Å². The molecule has 2 heterocycles. The van der Waals surface area contributed by atoms with E-state index in [1.807, 2.05) is 49.5 Å². The van der Waals surface area contributed by atoms with E-state index in [2.05, 4.69) is 9.97 Å². The first-order chi connectivity index (χ1) is 15.3. The van der Waals surface area contributed by atoms with Gasteiger partial charge in [-0.05, 0) is 49.2 Å². The Kier molecular flexibility index (Phi) is 6.02. The maximum absolute atomic E-state index is 13.4. The van der Waals surface area contributed by atoms with Crippen LogP contribution in [0.15, 0.2) is 77.8 Å². The molecule has 0 bridgehead atoms. The number of aromatic amines is 1. The topological polar surface area (TPSA) is 109 Å². The van der Waals surface area contributed by atoms with Crippen LogP contribution < -0.4 is 0 Å². The largest absolute Gasteiger partial charge is 0.361 e. The SMILES string of the molecule is Cc1cccc(CN(CCc2c[nH]c3ccccc23)S(=O)(=O)c2ccc([N+](=O)[O-])cc2)n1. The normalized spacial score (nSPS) is 11.8. The molecule has 0 aliphatic rings. The predicted octanol–water partition coefficient (Wildman–Crippen LogP) is 4.21. The monoisotopic (exact) mass is 450 g/mol. The number of rotatable bonds is 8. The molecule has 4 rings (SSSR count). The quantitative estimate of drug-likeness (QED) is 0.319. The molecule has 0 fully saturated rings. The van der Waals surface area contributed by atoms with Crippen LogP contribution in [0.25, 0.3) is 10.9 Å². The summed E-state index contributed by atoms with van der Waals surface area (Å²) in [5.41, 5.74) is 3.28. The molecule has 0 unspecified atom stereocenters. The number of nitro benzene ring substituents is 1. The van der Waals surface area contributed by atoms with E-state index in [9.17, 15) is 18.5 Å². The lowest BCUT2D eigenvalue weighted by Gasteiger charge is -2.22. The number of benzene rings is 2.